The molecule has 1 aliphatic rings. The molecule has 0 amide bonds. The lowest BCUT2D eigenvalue weighted by atomic mass is 9.83. The number of anilines is 3. The van der Waals surface area contributed by atoms with E-state index in [-0.39, 0.29) is 21.9 Å². The van der Waals surface area contributed by atoms with Crippen LogP contribution >= 0.6 is 11.3 Å². The Morgan fingerprint density at radius 2 is 1.41 bits per heavy atom. The Labute approximate surface area is 248 Å². The highest BCUT2D eigenvalue weighted by molar-refractivity contribution is 7.16. The van der Waals surface area contributed by atoms with Gasteiger partial charge in [-0.25, -0.2) is 10.1 Å². The zero-order chi connectivity index (χ0) is 29.7. The smallest absolute Gasteiger partial charge is 0.263 e. The minimum atomic E-state index is -0.265. The Bertz CT molecular complexity index is 1650. The van der Waals surface area contributed by atoms with Gasteiger partial charge in [-0.05, 0) is 75.6 Å². The number of rotatable bonds is 4. The third kappa shape index (κ3) is 5.19. The van der Waals surface area contributed by atoms with Crippen molar-refractivity contribution in [3.63, 3.8) is 0 Å². The molecule has 0 saturated heterocycles. The Balaban J connectivity index is 1.63. The van der Waals surface area contributed by atoms with Gasteiger partial charge in [0.2, 0.25) is 0 Å². The summed E-state index contributed by atoms with van der Waals surface area (Å²) < 4.78 is 0. The van der Waals surface area contributed by atoms with Crippen molar-refractivity contribution in [2.24, 2.45) is 0 Å². The molecule has 4 aromatic rings. The summed E-state index contributed by atoms with van der Waals surface area (Å²) in [5, 5.41) is 9.23. The van der Waals surface area contributed by atoms with Gasteiger partial charge in [-0.2, -0.15) is 0 Å². The van der Waals surface area contributed by atoms with Crippen LogP contribution in [0.15, 0.2) is 72.6 Å². The lowest BCUT2D eigenvalue weighted by Gasteiger charge is -2.29. The number of hydrogen-bond acceptors (Lipinski definition) is 4. The molecule has 0 spiro atoms. The molecule has 206 valence electrons. The number of aromatic nitrogens is 1. The van der Waals surface area contributed by atoms with E-state index in [0.717, 1.165) is 32.5 Å². The molecule has 0 aliphatic heterocycles. The van der Waals surface area contributed by atoms with Crippen LogP contribution in [0.1, 0.15) is 82.5 Å². The van der Waals surface area contributed by atoms with Gasteiger partial charge in [-0.1, -0.05) is 79.7 Å². The molecule has 1 aliphatic carbocycles. The lowest BCUT2D eigenvalue weighted by molar-refractivity contribution is 0.590. The van der Waals surface area contributed by atoms with Crippen molar-refractivity contribution >= 4 is 34.5 Å². The Morgan fingerprint density at radius 1 is 0.878 bits per heavy atom. The summed E-state index contributed by atoms with van der Waals surface area (Å²) in [6.07, 6.45) is 3.64. The van der Waals surface area contributed by atoms with Crippen LogP contribution < -0.4 is 4.90 Å². The molecular weight excluding hydrogens is 520 g/mol. The largest absolute Gasteiger partial charge is 0.309 e. The number of hydrogen-bond donors (Lipinski definition) is 0. The molecule has 0 atom stereocenters. The highest BCUT2D eigenvalue weighted by Gasteiger charge is 2.39. The van der Waals surface area contributed by atoms with E-state index < -0.39 is 0 Å². The molecule has 41 heavy (non-hydrogen) atoms. The normalized spacial score (nSPS) is 14.1. The van der Waals surface area contributed by atoms with Crippen molar-refractivity contribution in [1.29, 1.82) is 5.26 Å². The maximum atomic E-state index is 9.23. The van der Waals surface area contributed by atoms with Crippen LogP contribution in [0, 0.1) is 17.9 Å². The summed E-state index contributed by atoms with van der Waals surface area (Å²) in [5.74, 6) is 0. The fraction of sp³-hybridized carbons (Fsp3) is 0.306. The van der Waals surface area contributed by atoms with Crippen LogP contribution in [0.3, 0.4) is 0 Å². The summed E-state index contributed by atoms with van der Waals surface area (Å²) in [5.41, 5.74) is 9.10. The first-order valence-electron chi connectivity index (χ1n) is 13.9. The van der Waals surface area contributed by atoms with Crippen LogP contribution in [0.5, 0.6) is 0 Å². The topological polar surface area (TPSA) is 44.3 Å². The molecule has 2 aromatic heterocycles. The summed E-state index contributed by atoms with van der Waals surface area (Å²) in [6, 6.07) is 24.1. The Kier molecular flexibility index (Phi) is 6.93. The third-order valence-electron chi connectivity index (χ3n) is 7.94. The number of pyridine rings is 1. The first-order valence-corrected chi connectivity index (χ1v) is 14.7. The van der Waals surface area contributed by atoms with Gasteiger partial charge in [0.25, 0.3) is 5.70 Å². The van der Waals surface area contributed by atoms with E-state index in [1.54, 1.807) is 17.4 Å². The van der Waals surface area contributed by atoms with E-state index in [1.807, 2.05) is 12.3 Å². The number of thiophene rings is 1. The molecule has 0 N–H and O–H groups in total. The fourth-order valence-electron chi connectivity index (χ4n) is 5.39. The molecule has 0 radical (unpaired) electrons. The zero-order valence-electron chi connectivity index (χ0n) is 25.1. The number of nitrogens with zero attached hydrogens (tertiary/aromatic N) is 4. The number of fused-ring (bicyclic) bond motifs is 3. The molecule has 5 heteroatoms. The van der Waals surface area contributed by atoms with Gasteiger partial charge in [0.1, 0.15) is 0 Å². The minimum Gasteiger partial charge on any atom is -0.309 e. The fourth-order valence-corrected chi connectivity index (χ4v) is 6.66. The Morgan fingerprint density at radius 3 is 1.88 bits per heavy atom. The van der Waals surface area contributed by atoms with E-state index in [2.05, 4.69) is 126 Å². The quantitative estimate of drug-likeness (QED) is 0.185. The number of allylic oxidation sites excluding steroid dienone is 1. The Hall–Kier alpha value is -4.19. The van der Waals surface area contributed by atoms with E-state index in [1.165, 1.54) is 22.3 Å². The van der Waals surface area contributed by atoms with E-state index in [4.69, 9.17) is 11.6 Å². The SMILES string of the molecule is [C-]#[N+]/C(C#N)=C\c1cc2c(s1)-c1ncc(N(c3ccc(C(C)(C)C)cc3)c3ccc(C(C)(C)C)cc3)cc1C2(C)C. The zero-order valence-corrected chi connectivity index (χ0v) is 25.9. The van der Waals surface area contributed by atoms with Gasteiger partial charge in [-0.15, -0.1) is 11.3 Å². The molecule has 0 saturated carbocycles. The highest BCUT2D eigenvalue weighted by Crippen LogP contribution is 2.53. The third-order valence-corrected chi connectivity index (χ3v) is 9.03. The van der Waals surface area contributed by atoms with Crippen LogP contribution in [0.2, 0.25) is 0 Å². The molecule has 0 fully saturated rings. The van der Waals surface area contributed by atoms with Crippen LogP contribution in [0.4, 0.5) is 17.1 Å². The van der Waals surface area contributed by atoms with Gasteiger partial charge in [-0.3, -0.25) is 4.98 Å². The molecule has 0 bridgehead atoms. The van der Waals surface area contributed by atoms with Crippen molar-refractivity contribution in [1.82, 2.24) is 4.98 Å². The molecule has 2 aromatic carbocycles. The van der Waals surface area contributed by atoms with Gasteiger partial charge < -0.3 is 4.90 Å². The first kappa shape index (κ1) is 28.3. The van der Waals surface area contributed by atoms with Crippen molar-refractivity contribution in [3.05, 3.63) is 111 Å². The van der Waals surface area contributed by atoms with E-state index in [9.17, 15) is 5.26 Å². The maximum absolute atomic E-state index is 9.23. The molecule has 0 unspecified atom stereocenters. The van der Waals surface area contributed by atoms with Crippen molar-refractivity contribution in [3.8, 4) is 16.6 Å². The summed E-state index contributed by atoms with van der Waals surface area (Å²) in [6.45, 7) is 25.1. The second kappa shape index (κ2) is 10.0. The second-order valence-electron chi connectivity index (χ2n) is 13.3. The predicted octanol–water partition coefficient (Wildman–Crippen LogP) is 10.3. The first-order chi connectivity index (χ1) is 19.2. The standard InChI is InChI=1S/C36H36N4S/c1-34(2,3)23-10-14-26(15-11-23)40(27-16-12-24(13-17-27)35(4,5)6)28-19-30-32(39-22-28)33-31(36(30,7)8)20-29(41-33)18-25(21-37)38-9/h10-20,22H,1-8H3/b25-18-. The summed E-state index contributed by atoms with van der Waals surface area (Å²) in [4.78, 5) is 12.7. The van der Waals surface area contributed by atoms with Gasteiger partial charge in [0, 0.05) is 21.7 Å². The average Bonchev–Trinajstić information content (AvgIpc) is 3.43. The number of benzene rings is 2. The molecule has 4 nitrogen and oxygen atoms in total. The molecular formula is C36H36N4S. The minimum absolute atomic E-state index is 0.0745. The van der Waals surface area contributed by atoms with Crippen molar-refractivity contribution in [2.75, 3.05) is 4.90 Å². The molecule has 2 heterocycles. The second-order valence-corrected chi connectivity index (χ2v) is 14.4. The predicted molar refractivity (Wildman–Crippen MR) is 172 cm³/mol. The van der Waals surface area contributed by atoms with Crippen molar-refractivity contribution < 1.29 is 0 Å². The summed E-state index contributed by atoms with van der Waals surface area (Å²) in [7, 11) is 0. The van der Waals surface area contributed by atoms with Crippen LogP contribution in [0.25, 0.3) is 21.5 Å². The maximum Gasteiger partial charge on any atom is 0.263 e. The highest BCUT2D eigenvalue weighted by atomic mass is 32.1. The monoisotopic (exact) mass is 556 g/mol. The van der Waals surface area contributed by atoms with Gasteiger partial charge >= 0.3 is 0 Å². The van der Waals surface area contributed by atoms with Gasteiger partial charge in [0.05, 0.1) is 35.1 Å². The van der Waals surface area contributed by atoms with Crippen molar-refractivity contribution in [2.45, 2.75) is 71.6 Å². The van der Waals surface area contributed by atoms with Crippen LogP contribution in [-0.2, 0) is 16.2 Å². The molecule has 5 rings (SSSR count). The number of nitriles is 1. The summed E-state index contributed by atoms with van der Waals surface area (Å²) >= 11 is 1.59. The lowest BCUT2D eigenvalue weighted by Crippen LogP contribution is -2.17. The van der Waals surface area contributed by atoms with E-state index in [0.29, 0.717) is 0 Å². The average molecular weight is 557 g/mol. The van der Waals surface area contributed by atoms with Gasteiger partial charge in [0.15, 0.2) is 0 Å². The van der Waals surface area contributed by atoms with E-state index >= 15 is 0 Å². The van der Waals surface area contributed by atoms with Crippen LogP contribution in [-0.4, -0.2) is 4.98 Å².